The molecule has 17 heavy (non-hydrogen) atoms. The fraction of sp³-hybridized carbons (Fsp3) is 0.455. The molecule has 0 unspecified atom stereocenters. The van der Waals surface area contributed by atoms with Gasteiger partial charge in [-0.3, -0.25) is 4.84 Å². The summed E-state index contributed by atoms with van der Waals surface area (Å²) in [4.78, 5) is 7.13. The van der Waals surface area contributed by atoms with Gasteiger partial charge in [0.15, 0.2) is 0 Å². The van der Waals surface area contributed by atoms with Gasteiger partial charge in [-0.2, -0.15) is 0 Å². The van der Waals surface area contributed by atoms with Crippen molar-refractivity contribution in [1.29, 1.82) is 0 Å². The van der Waals surface area contributed by atoms with Crippen LogP contribution in [0.25, 0.3) is 0 Å². The smallest absolute Gasteiger partial charge is 0.262 e. The first-order valence-electron chi connectivity index (χ1n) is 5.17. The Balaban J connectivity index is 2.79. The molecule has 6 heteroatoms. The summed E-state index contributed by atoms with van der Waals surface area (Å²) in [7, 11) is -2.11. The molecule has 0 bridgehead atoms. The van der Waals surface area contributed by atoms with Gasteiger partial charge in [0.25, 0.3) is 10.0 Å². The molecule has 0 atom stereocenters. The number of sulfonamides is 1. The summed E-state index contributed by atoms with van der Waals surface area (Å²) in [5, 5.41) is 0. The van der Waals surface area contributed by atoms with Gasteiger partial charge >= 0.3 is 0 Å². The molecule has 0 saturated heterocycles. The molecule has 0 spiro atoms. The number of nitrogens with one attached hydrogen (secondary N) is 1. The normalized spacial score (nSPS) is 11.7. The lowest BCUT2D eigenvalue weighted by Gasteiger charge is -2.09. The molecule has 1 aromatic rings. The largest absolute Gasteiger partial charge is 0.382 e. The van der Waals surface area contributed by atoms with Crippen LogP contribution in [0.3, 0.4) is 0 Å². The summed E-state index contributed by atoms with van der Waals surface area (Å²) in [6.07, 6.45) is 0. The molecule has 1 rings (SSSR count). The monoisotopic (exact) mass is 259 g/mol. The number of hydrogen-bond donors (Lipinski definition) is 1. The van der Waals surface area contributed by atoms with Gasteiger partial charge in [-0.1, -0.05) is 17.0 Å². The fourth-order valence-electron chi connectivity index (χ4n) is 1.29. The van der Waals surface area contributed by atoms with Gasteiger partial charge < -0.3 is 4.74 Å². The van der Waals surface area contributed by atoms with E-state index in [-0.39, 0.29) is 11.5 Å². The lowest BCUT2D eigenvalue weighted by molar-refractivity contribution is 0.0438. The van der Waals surface area contributed by atoms with Crippen molar-refractivity contribution in [1.82, 2.24) is 4.89 Å². The predicted molar refractivity (Wildman–Crippen MR) is 64.1 cm³/mol. The van der Waals surface area contributed by atoms with E-state index in [0.717, 1.165) is 5.56 Å². The van der Waals surface area contributed by atoms with Crippen LogP contribution in [0.4, 0.5) is 0 Å². The molecule has 0 amide bonds. The second-order valence-corrected chi connectivity index (χ2v) is 5.31. The quantitative estimate of drug-likeness (QED) is 0.615. The molecule has 0 radical (unpaired) electrons. The third-order valence-corrected chi connectivity index (χ3v) is 3.55. The van der Waals surface area contributed by atoms with E-state index in [1.165, 1.54) is 7.11 Å². The average Bonchev–Trinajstić information content (AvgIpc) is 2.28. The summed E-state index contributed by atoms with van der Waals surface area (Å²) in [5.74, 6) is 0. The minimum Gasteiger partial charge on any atom is -0.382 e. The molecule has 0 aliphatic rings. The van der Waals surface area contributed by atoms with Crippen LogP contribution in [0.1, 0.15) is 11.1 Å². The zero-order valence-corrected chi connectivity index (χ0v) is 11.0. The molecule has 0 aromatic heterocycles. The lowest BCUT2D eigenvalue weighted by atomic mass is 10.2. The van der Waals surface area contributed by atoms with Gasteiger partial charge in [0.05, 0.1) is 18.1 Å². The summed E-state index contributed by atoms with van der Waals surface area (Å²) < 4.78 is 28.5. The average molecular weight is 259 g/mol. The third-order valence-electron chi connectivity index (χ3n) is 2.19. The van der Waals surface area contributed by atoms with E-state index >= 15 is 0 Å². The zero-order valence-electron chi connectivity index (χ0n) is 10.2. The highest BCUT2D eigenvalue weighted by molar-refractivity contribution is 7.89. The number of methoxy groups -OCH3 is 1. The van der Waals surface area contributed by atoms with E-state index in [1.807, 2.05) is 13.0 Å². The molecule has 0 heterocycles. The van der Waals surface area contributed by atoms with Crippen molar-refractivity contribution in [2.24, 2.45) is 0 Å². The number of aryl methyl sites for hydroxylation is 2. The van der Waals surface area contributed by atoms with Crippen LogP contribution < -0.4 is 4.89 Å². The van der Waals surface area contributed by atoms with Crippen molar-refractivity contribution in [2.45, 2.75) is 18.7 Å². The maximum atomic E-state index is 11.9. The van der Waals surface area contributed by atoms with E-state index in [2.05, 4.69) is 4.89 Å². The van der Waals surface area contributed by atoms with Crippen molar-refractivity contribution in [3.05, 3.63) is 29.3 Å². The van der Waals surface area contributed by atoms with Crippen LogP contribution in [0.15, 0.2) is 23.1 Å². The highest BCUT2D eigenvalue weighted by atomic mass is 32.2. The second kappa shape index (κ2) is 6.11. The van der Waals surface area contributed by atoms with Crippen LogP contribution in [0, 0.1) is 13.8 Å². The summed E-state index contributed by atoms with van der Waals surface area (Å²) >= 11 is 0. The molecule has 1 N–H and O–H groups in total. The zero-order chi connectivity index (χ0) is 12.9. The van der Waals surface area contributed by atoms with Gasteiger partial charge in [-0.15, -0.1) is 0 Å². The van der Waals surface area contributed by atoms with Crippen LogP contribution in [-0.2, 0) is 19.6 Å². The standard InChI is InChI=1S/C11H17NO4S/c1-9-4-5-10(2)11(8-9)17(13,14)12-16-7-6-15-3/h4-5,8,12H,6-7H2,1-3H3. The first-order chi connectivity index (χ1) is 7.97. The van der Waals surface area contributed by atoms with E-state index in [0.29, 0.717) is 12.2 Å². The summed E-state index contributed by atoms with van der Waals surface area (Å²) in [5.41, 5.74) is 1.56. The van der Waals surface area contributed by atoms with Crippen LogP contribution in [0.5, 0.6) is 0 Å². The minimum atomic E-state index is -3.62. The van der Waals surface area contributed by atoms with Gasteiger partial charge in [-0.05, 0) is 31.0 Å². The van der Waals surface area contributed by atoms with Crippen LogP contribution >= 0.6 is 0 Å². The first kappa shape index (κ1) is 14.1. The molecule has 0 fully saturated rings. The maximum absolute atomic E-state index is 11.9. The number of hydrogen-bond acceptors (Lipinski definition) is 4. The van der Waals surface area contributed by atoms with Crippen molar-refractivity contribution < 1.29 is 18.0 Å². The van der Waals surface area contributed by atoms with E-state index in [9.17, 15) is 8.42 Å². The van der Waals surface area contributed by atoms with Gasteiger partial charge in [-0.25, -0.2) is 8.42 Å². The predicted octanol–water partition coefficient (Wildman–Crippen LogP) is 1.16. The molecule has 1 aromatic carbocycles. The first-order valence-corrected chi connectivity index (χ1v) is 6.65. The Labute approximate surface area is 102 Å². The van der Waals surface area contributed by atoms with E-state index in [4.69, 9.17) is 9.57 Å². The molecule has 0 aliphatic carbocycles. The van der Waals surface area contributed by atoms with Gasteiger partial charge in [0.1, 0.15) is 0 Å². The molecular formula is C11H17NO4S. The van der Waals surface area contributed by atoms with Crippen molar-refractivity contribution in [3.8, 4) is 0 Å². The molecule has 0 aliphatic heterocycles. The molecular weight excluding hydrogens is 242 g/mol. The Morgan fingerprint density at radius 1 is 1.24 bits per heavy atom. The van der Waals surface area contributed by atoms with Crippen LogP contribution in [0.2, 0.25) is 0 Å². The Bertz CT molecular complexity index is 470. The molecule has 0 saturated carbocycles. The Kier molecular flexibility index (Phi) is 5.07. The Morgan fingerprint density at radius 2 is 1.94 bits per heavy atom. The van der Waals surface area contributed by atoms with Crippen molar-refractivity contribution in [3.63, 3.8) is 0 Å². The summed E-state index contributed by atoms with van der Waals surface area (Å²) in [6, 6.07) is 5.23. The lowest BCUT2D eigenvalue weighted by Crippen LogP contribution is -2.26. The van der Waals surface area contributed by atoms with Crippen LogP contribution in [-0.4, -0.2) is 28.7 Å². The molecule has 96 valence electrons. The second-order valence-electron chi connectivity index (χ2n) is 3.70. The highest BCUT2D eigenvalue weighted by Gasteiger charge is 2.16. The SMILES string of the molecule is COCCONS(=O)(=O)c1cc(C)ccc1C. The topological polar surface area (TPSA) is 64.6 Å². The highest BCUT2D eigenvalue weighted by Crippen LogP contribution is 2.16. The summed E-state index contributed by atoms with van der Waals surface area (Å²) in [6.45, 7) is 4.07. The maximum Gasteiger partial charge on any atom is 0.262 e. The minimum absolute atomic E-state index is 0.167. The van der Waals surface area contributed by atoms with E-state index in [1.54, 1.807) is 19.1 Å². The van der Waals surface area contributed by atoms with Gasteiger partial charge in [0, 0.05) is 7.11 Å². The molecule has 5 nitrogen and oxygen atoms in total. The van der Waals surface area contributed by atoms with Crippen molar-refractivity contribution in [2.75, 3.05) is 20.3 Å². The number of rotatable bonds is 6. The van der Waals surface area contributed by atoms with Gasteiger partial charge in [0.2, 0.25) is 0 Å². The van der Waals surface area contributed by atoms with E-state index < -0.39 is 10.0 Å². The Hall–Kier alpha value is -0.950. The third kappa shape index (κ3) is 4.08. The van der Waals surface area contributed by atoms with Crippen molar-refractivity contribution >= 4 is 10.0 Å². The number of benzene rings is 1. The number of ether oxygens (including phenoxy) is 1. The fourth-order valence-corrected chi connectivity index (χ4v) is 2.45. The Morgan fingerprint density at radius 3 is 2.59 bits per heavy atom.